The Kier molecular flexibility index (Phi) is 6.08. The van der Waals surface area contributed by atoms with Crippen LogP contribution < -0.4 is 10.1 Å². The first-order chi connectivity index (χ1) is 9.99. The molecule has 0 spiro atoms. The maximum atomic E-state index is 11.8. The average molecular weight is 395 g/mol. The van der Waals surface area contributed by atoms with Gasteiger partial charge in [0.25, 0.3) is 0 Å². The molecule has 0 bridgehead atoms. The zero-order valence-corrected chi connectivity index (χ0v) is 14.9. The standard InChI is InChI=1S/C14H17BrClNO5/c1-7(12(18)19)21-11-5-8(15)9(16)6-10(11)17-13(20)22-14(2,3)4/h5-7H,1-4H3,(H,17,20)(H,18,19). The van der Waals surface area contributed by atoms with E-state index in [0.29, 0.717) is 9.50 Å². The SMILES string of the molecule is CC(Oc1cc(Br)c(Cl)cc1NC(=O)OC(C)(C)C)C(=O)O. The minimum absolute atomic E-state index is 0.164. The lowest BCUT2D eigenvalue weighted by Crippen LogP contribution is -2.28. The van der Waals surface area contributed by atoms with Crippen molar-refractivity contribution in [3.63, 3.8) is 0 Å². The molecular formula is C14H17BrClNO5. The van der Waals surface area contributed by atoms with Crippen molar-refractivity contribution in [2.45, 2.75) is 39.4 Å². The van der Waals surface area contributed by atoms with Crippen molar-refractivity contribution in [2.75, 3.05) is 5.32 Å². The highest BCUT2D eigenvalue weighted by Gasteiger charge is 2.20. The van der Waals surface area contributed by atoms with Crippen molar-refractivity contribution in [1.82, 2.24) is 0 Å². The Morgan fingerprint density at radius 1 is 1.36 bits per heavy atom. The molecule has 2 N–H and O–H groups in total. The van der Waals surface area contributed by atoms with E-state index in [9.17, 15) is 9.59 Å². The van der Waals surface area contributed by atoms with Crippen LogP contribution in [0, 0.1) is 0 Å². The number of rotatable bonds is 4. The molecule has 0 heterocycles. The molecule has 0 saturated carbocycles. The van der Waals surface area contributed by atoms with Gasteiger partial charge in [-0.05, 0) is 55.8 Å². The predicted molar refractivity (Wildman–Crippen MR) is 86.7 cm³/mol. The Hall–Kier alpha value is -1.47. The molecule has 0 fully saturated rings. The summed E-state index contributed by atoms with van der Waals surface area (Å²) in [6.45, 7) is 6.56. The molecule has 6 nitrogen and oxygen atoms in total. The molecule has 122 valence electrons. The number of hydrogen-bond acceptors (Lipinski definition) is 4. The van der Waals surface area contributed by atoms with Crippen LogP contribution in [0.1, 0.15) is 27.7 Å². The number of hydrogen-bond donors (Lipinski definition) is 2. The first kappa shape index (κ1) is 18.6. The van der Waals surface area contributed by atoms with Crippen LogP contribution >= 0.6 is 27.5 Å². The van der Waals surface area contributed by atoms with Crippen LogP contribution in [0.15, 0.2) is 16.6 Å². The van der Waals surface area contributed by atoms with E-state index in [4.69, 9.17) is 26.2 Å². The molecule has 22 heavy (non-hydrogen) atoms. The lowest BCUT2D eigenvalue weighted by Gasteiger charge is -2.21. The van der Waals surface area contributed by atoms with E-state index >= 15 is 0 Å². The summed E-state index contributed by atoms with van der Waals surface area (Å²) in [5.74, 6) is -0.966. The number of carbonyl (C=O) groups excluding carboxylic acids is 1. The van der Waals surface area contributed by atoms with Crippen molar-refractivity contribution in [3.8, 4) is 5.75 Å². The summed E-state index contributed by atoms with van der Waals surface area (Å²) >= 11 is 9.21. The second kappa shape index (κ2) is 7.19. The van der Waals surface area contributed by atoms with E-state index in [1.165, 1.54) is 19.1 Å². The Morgan fingerprint density at radius 2 is 1.95 bits per heavy atom. The van der Waals surface area contributed by atoms with Gasteiger partial charge in [0, 0.05) is 4.47 Å². The molecule has 8 heteroatoms. The number of carbonyl (C=O) groups is 2. The topological polar surface area (TPSA) is 84.9 Å². The number of halogens is 2. The Balaban J connectivity index is 3.04. The van der Waals surface area contributed by atoms with Crippen LogP contribution in [-0.4, -0.2) is 28.9 Å². The second-order valence-corrected chi connectivity index (χ2v) is 6.75. The number of carboxylic acid groups (broad SMARTS) is 1. The fourth-order valence-corrected chi connectivity index (χ4v) is 1.86. The van der Waals surface area contributed by atoms with Gasteiger partial charge in [-0.15, -0.1) is 0 Å². The van der Waals surface area contributed by atoms with Gasteiger partial charge in [-0.25, -0.2) is 9.59 Å². The highest BCUT2D eigenvalue weighted by Crippen LogP contribution is 2.35. The molecule has 0 aliphatic rings. The number of benzene rings is 1. The van der Waals surface area contributed by atoms with E-state index in [0.717, 1.165) is 0 Å². The monoisotopic (exact) mass is 393 g/mol. The zero-order valence-electron chi connectivity index (χ0n) is 12.6. The number of nitrogens with one attached hydrogen (secondary N) is 1. The third kappa shape index (κ3) is 5.73. The molecule has 1 unspecified atom stereocenters. The van der Waals surface area contributed by atoms with Gasteiger partial charge in [0.2, 0.25) is 0 Å². The molecule has 0 aromatic heterocycles. The first-order valence-corrected chi connectivity index (χ1v) is 7.55. The summed E-state index contributed by atoms with van der Waals surface area (Å²) in [6, 6.07) is 2.92. The maximum Gasteiger partial charge on any atom is 0.412 e. The minimum Gasteiger partial charge on any atom is -0.479 e. The van der Waals surface area contributed by atoms with Crippen LogP contribution in [0.3, 0.4) is 0 Å². The fraction of sp³-hybridized carbons (Fsp3) is 0.429. The summed E-state index contributed by atoms with van der Waals surface area (Å²) in [5.41, 5.74) is -0.450. The van der Waals surface area contributed by atoms with Gasteiger partial charge in [0.15, 0.2) is 6.10 Å². The molecular weight excluding hydrogens is 378 g/mol. The van der Waals surface area contributed by atoms with Crippen molar-refractivity contribution >= 4 is 45.3 Å². The van der Waals surface area contributed by atoms with Crippen molar-refractivity contribution in [3.05, 3.63) is 21.6 Å². The third-order valence-electron chi connectivity index (χ3n) is 2.31. The molecule has 0 radical (unpaired) electrons. The molecule has 1 amide bonds. The van der Waals surface area contributed by atoms with E-state index in [2.05, 4.69) is 21.2 Å². The van der Waals surface area contributed by atoms with E-state index < -0.39 is 23.8 Å². The van der Waals surface area contributed by atoms with Crippen molar-refractivity contribution in [1.29, 1.82) is 0 Å². The van der Waals surface area contributed by atoms with E-state index in [1.54, 1.807) is 20.8 Å². The number of carboxylic acids is 1. The van der Waals surface area contributed by atoms with Gasteiger partial charge >= 0.3 is 12.1 Å². The lowest BCUT2D eigenvalue weighted by molar-refractivity contribution is -0.144. The van der Waals surface area contributed by atoms with Gasteiger partial charge in [0.1, 0.15) is 11.4 Å². The Morgan fingerprint density at radius 3 is 2.45 bits per heavy atom. The fourth-order valence-electron chi connectivity index (χ4n) is 1.38. The van der Waals surface area contributed by atoms with Crippen LogP contribution in [0.4, 0.5) is 10.5 Å². The molecule has 0 aliphatic carbocycles. The van der Waals surface area contributed by atoms with Gasteiger partial charge in [-0.3, -0.25) is 5.32 Å². The zero-order chi connectivity index (χ0) is 17.1. The Labute approximate surface area is 141 Å². The molecule has 1 rings (SSSR count). The summed E-state index contributed by atoms with van der Waals surface area (Å²) in [4.78, 5) is 22.7. The van der Waals surface area contributed by atoms with Crippen LogP contribution in [-0.2, 0) is 9.53 Å². The van der Waals surface area contributed by atoms with E-state index in [1.807, 2.05) is 0 Å². The largest absolute Gasteiger partial charge is 0.479 e. The number of anilines is 1. The molecule has 0 aliphatic heterocycles. The molecule has 0 saturated heterocycles. The second-order valence-electron chi connectivity index (χ2n) is 5.49. The highest BCUT2D eigenvalue weighted by atomic mass is 79.9. The van der Waals surface area contributed by atoms with E-state index in [-0.39, 0.29) is 11.4 Å². The average Bonchev–Trinajstić information content (AvgIpc) is 2.32. The van der Waals surface area contributed by atoms with Crippen molar-refractivity contribution < 1.29 is 24.2 Å². The van der Waals surface area contributed by atoms with Gasteiger partial charge in [0.05, 0.1) is 10.7 Å². The quantitative estimate of drug-likeness (QED) is 0.795. The van der Waals surface area contributed by atoms with Gasteiger partial charge in [-0.2, -0.15) is 0 Å². The first-order valence-electron chi connectivity index (χ1n) is 6.38. The Bertz CT molecular complexity index is 585. The summed E-state index contributed by atoms with van der Waals surface area (Å²) in [7, 11) is 0. The normalized spacial score (nSPS) is 12.5. The van der Waals surface area contributed by atoms with Gasteiger partial charge in [-0.1, -0.05) is 11.6 Å². The third-order valence-corrected chi connectivity index (χ3v) is 3.51. The minimum atomic E-state index is -1.13. The molecule has 1 aromatic carbocycles. The molecule has 1 aromatic rings. The van der Waals surface area contributed by atoms with Crippen LogP contribution in [0.5, 0.6) is 5.75 Å². The summed E-state index contributed by atoms with van der Waals surface area (Å²) in [5, 5.41) is 11.7. The summed E-state index contributed by atoms with van der Waals surface area (Å²) in [6.07, 6.45) is -1.79. The predicted octanol–water partition coefficient (Wildman–Crippen LogP) is 4.30. The number of aliphatic carboxylic acids is 1. The van der Waals surface area contributed by atoms with Crippen LogP contribution in [0.2, 0.25) is 5.02 Å². The number of amides is 1. The maximum absolute atomic E-state index is 11.8. The smallest absolute Gasteiger partial charge is 0.412 e. The number of ether oxygens (including phenoxy) is 2. The summed E-state index contributed by atoms with van der Waals surface area (Å²) < 4.78 is 11.0. The van der Waals surface area contributed by atoms with Crippen molar-refractivity contribution in [2.24, 2.45) is 0 Å². The molecule has 1 atom stereocenters. The lowest BCUT2D eigenvalue weighted by atomic mass is 10.2. The van der Waals surface area contributed by atoms with Gasteiger partial charge < -0.3 is 14.6 Å². The highest BCUT2D eigenvalue weighted by molar-refractivity contribution is 9.10. The van der Waals surface area contributed by atoms with Crippen LogP contribution in [0.25, 0.3) is 0 Å².